The Morgan fingerprint density at radius 2 is 2.10 bits per heavy atom. The van der Waals surface area contributed by atoms with Gasteiger partial charge < -0.3 is 5.73 Å². The van der Waals surface area contributed by atoms with Gasteiger partial charge in [-0.3, -0.25) is 4.90 Å². The van der Waals surface area contributed by atoms with Gasteiger partial charge in [-0.15, -0.1) is 11.3 Å². The number of halogens is 2. The van der Waals surface area contributed by atoms with Crippen molar-refractivity contribution in [2.45, 2.75) is 25.6 Å². The number of hydrogen-bond acceptors (Lipinski definition) is 3. The average Bonchev–Trinajstić information content (AvgIpc) is 2.75. The van der Waals surface area contributed by atoms with E-state index in [-0.39, 0.29) is 12.1 Å². The summed E-state index contributed by atoms with van der Waals surface area (Å²) < 4.78 is 1.13. The molecule has 0 radical (unpaired) electrons. The second-order valence-corrected chi connectivity index (χ2v) is 7.92. The number of rotatable bonds is 5. The molecule has 2 unspecified atom stereocenters. The van der Waals surface area contributed by atoms with E-state index >= 15 is 0 Å². The normalized spacial score (nSPS) is 14.5. The predicted molar refractivity (Wildman–Crippen MR) is 91.3 cm³/mol. The van der Waals surface area contributed by atoms with Gasteiger partial charge in [-0.05, 0) is 59.7 Å². The minimum absolute atomic E-state index is 0.0599. The molecule has 1 aromatic carbocycles. The summed E-state index contributed by atoms with van der Waals surface area (Å²) in [6.07, 6.45) is 0. The van der Waals surface area contributed by atoms with Gasteiger partial charge in [0.05, 0.1) is 9.83 Å². The molecule has 0 aliphatic rings. The lowest BCUT2D eigenvalue weighted by atomic mass is 10.1. The van der Waals surface area contributed by atoms with E-state index in [9.17, 15) is 0 Å². The molecular formula is C15H18BrClN2S. The number of thiophene rings is 1. The highest BCUT2D eigenvalue weighted by Crippen LogP contribution is 2.32. The topological polar surface area (TPSA) is 29.3 Å². The Kier molecular flexibility index (Phi) is 5.64. The van der Waals surface area contributed by atoms with Gasteiger partial charge in [-0.25, -0.2) is 0 Å². The molecule has 2 rings (SSSR count). The summed E-state index contributed by atoms with van der Waals surface area (Å²) in [6.45, 7) is 2.87. The highest BCUT2D eigenvalue weighted by Gasteiger charge is 2.22. The Morgan fingerprint density at radius 3 is 2.65 bits per heavy atom. The zero-order valence-electron chi connectivity index (χ0n) is 11.5. The monoisotopic (exact) mass is 372 g/mol. The molecule has 2 aromatic rings. The molecule has 0 bridgehead atoms. The van der Waals surface area contributed by atoms with Crippen molar-refractivity contribution in [2.24, 2.45) is 5.73 Å². The lowest BCUT2D eigenvalue weighted by Crippen LogP contribution is -2.36. The van der Waals surface area contributed by atoms with Crippen LogP contribution in [-0.2, 0) is 6.54 Å². The van der Waals surface area contributed by atoms with Gasteiger partial charge in [0.1, 0.15) is 0 Å². The number of likely N-dealkylation sites (N-methyl/N-ethyl adjacent to an activating group) is 1. The van der Waals surface area contributed by atoms with Crippen LogP contribution in [0.15, 0.2) is 40.2 Å². The molecule has 5 heteroatoms. The second kappa shape index (κ2) is 7.05. The standard InChI is InChI=1S/C15H18BrClN2S/c1-10(18)15(13-6-7-14(16)20-13)19(2)9-11-4-3-5-12(17)8-11/h3-8,10,15H,9,18H2,1-2H3. The smallest absolute Gasteiger partial charge is 0.0702 e. The van der Waals surface area contributed by atoms with E-state index < -0.39 is 0 Å². The maximum atomic E-state index is 6.19. The first-order valence-corrected chi connectivity index (χ1v) is 8.41. The van der Waals surface area contributed by atoms with E-state index in [1.165, 1.54) is 10.4 Å². The average molecular weight is 374 g/mol. The lowest BCUT2D eigenvalue weighted by molar-refractivity contribution is 0.214. The van der Waals surface area contributed by atoms with Gasteiger partial charge in [0.15, 0.2) is 0 Å². The van der Waals surface area contributed by atoms with Crippen molar-refractivity contribution in [2.75, 3.05) is 7.05 Å². The van der Waals surface area contributed by atoms with Crippen LogP contribution in [0.4, 0.5) is 0 Å². The maximum absolute atomic E-state index is 6.19. The Balaban J connectivity index is 2.17. The molecule has 2 nitrogen and oxygen atoms in total. The summed E-state index contributed by atoms with van der Waals surface area (Å²) in [5.41, 5.74) is 7.38. The first-order valence-electron chi connectivity index (χ1n) is 6.43. The second-order valence-electron chi connectivity index (χ2n) is 4.99. The Bertz CT molecular complexity index is 571. The van der Waals surface area contributed by atoms with Crippen LogP contribution in [-0.4, -0.2) is 18.0 Å². The lowest BCUT2D eigenvalue weighted by Gasteiger charge is -2.30. The van der Waals surface area contributed by atoms with Crippen LogP contribution in [0.25, 0.3) is 0 Å². The highest BCUT2D eigenvalue weighted by molar-refractivity contribution is 9.11. The minimum atomic E-state index is 0.0599. The summed E-state index contributed by atoms with van der Waals surface area (Å²) in [6, 6.07) is 12.4. The van der Waals surface area contributed by atoms with Crippen LogP contribution >= 0.6 is 38.9 Å². The van der Waals surface area contributed by atoms with Crippen LogP contribution in [0, 0.1) is 0 Å². The van der Waals surface area contributed by atoms with E-state index in [4.69, 9.17) is 17.3 Å². The molecule has 108 valence electrons. The first-order chi connectivity index (χ1) is 9.47. The van der Waals surface area contributed by atoms with Crippen molar-refractivity contribution in [1.29, 1.82) is 0 Å². The van der Waals surface area contributed by atoms with Gasteiger partial charge in [0.2, 0.25) is 0 Å². The maximum Gasteiger partial charge on any atom is 0.0702 e. The van der Waals surface area contributed by atoms with E-state index in [2.05, 4.69) is 46.1 Å². The zero-order chi connectivity index (χ0) is 14.7. The first kappa shape index (κ1) is 16.0. The van der Waals surface area contributed by atoms with Crippen LogP contribution in [0.1, 0.15) is 23.4 Å². The fraction of sp³-hybridized carbons (Fsp3) is 0.333. The van der Waals surface area contributed by atoms with Crippen molar-refractivity contribution in [3.8, 4) is 0 Å². The summed E-state index contributed by atoms with van der Waals surface area (Å²) in [5, 5.41) is 0.770. The number of nitrogens with zero attached hydrogens (tertiary/aromatic N) is 1. The molecule has 1 heterocycles. The molecule has 0 spiro atoms. The third kappa shape index (κ3) is 4.06. The highest BCUT2D eigenvalue weighted by atomic mass is 79.9. The van der Waals surface area contributed by atoms with Gasteiger partial charge in [-0.2, -0.15) is 0 Å². The van der Waals surface area contributed by atoms with Crippen LogP contribution in [0.5, 0.6) is 0 Å². The van der Waals surface area contributed by atoms with Gasteiger partial charge in [0.25, 0.3) is 0 Å². The SMILES string of the molecule is CC(N)C(c1ccc(Br)s1)N(C)Cc1cccc(Cl)c1. The van der Waals surface area contributed by atoms with Crippen molar-refractivity contribution in [3.63, 3.8) is 0 Å². The Labute approximate surface area is 137 Å². The number of nitrogens with two attached hydrogens (primary N) is 1. The third-order valence-electron chi connectivity index (χ3n) is 3.18. The molecule has 2 atom stereocenters. The van der Waals surface area contributed by atoms with Crippen molar-refractivity contribution in [3.05, 3.63) is 55.6 Å². The molecule has 0 fully saturated rings. The van der Waals surface area contributed by atoms with E-state index in [1.54, 1.807) is 11.3 Å². The van der Waals surface area contributed by atoms with Crippen molar-refractivity contribution >= 4 is 38.9 Å². The van der Waals surface area contributed by atoms with Crippen LogP contribution in [0.2, 0.25) is 5.02 Å². The molecular weight excluding hydrogens is 356 g/mol. The predicted octanol–water partition coefficient (Wildman–Crippen LogP) is 4.68. The van der Waals surface area contributed by atoms with Gasteiger partial charge in [0, 0.05) is 22.5 Å². The summed E-state index contributed by atoms with van der Waals surface area (Å²) in [4.78, 5) is 3.55. The van der Waals surface area contributed by atoms with Crippen LogP contribution < -0.4 is 5.73 Å². The fourth-order valence-corrected chi connectivity index (χ4v) is 4.31. The van der Waals surface area contributed by atoms with E-state index in [0.717, 1.165) is 15.4 Å². The molecule has 0 amide bonds. The van der Waals surface area contributed by atoms with Crippen molar-refractivity contribution in [1.82, 2.24) is 4.90 Å². The third-order valence-corrected chi connectivity index (χ3v) is 5.11. The number of benzene rings is 1. The molecule has 0 aliphatic heterocycles. The van der Waals surface area contributed by atoms with Gasteiger partial charge in [-0.1, -0.05) is 23.7 Å². The summed E-state index contributed by atoms with van der Waals surface area (Å²) >= 11 is 11.3. The molecule has 0 saturated carbocycles. The van der Waals surface area contributed by atoms with E-state index in [1.807, 2.05) is 25.1 Å². The Morgan fingerprint density at radius 1 is 1.35 bits per heavy atom. The minimum Gasteiger partial charge on any atom is -0.326 e. The molecule has 2 N–H and O–H groups in total. The molecule has 0 aliphatic carbocycles. The van der Waals surface area contributed by atoms with E-state index in [0.29, 0.717) is 0 Å². The fourth-order valence-electron chi connectivity index (χ4n) is 2.39. The quantitative estimate of drug-likeness (QED) is 0.824. The zero-order valence-corrected chi connectivity index (χ0v) is 14.7. The Hall–Kier alpha value is -0.390. The summed E-state index contributed by atoms with van der Waals surface area (Å²) in [7, 11) is 2.10. The molecule has 0 saturated heterocycles. The molecule has 20 heavy (non-hydrogen) atoms. The van der Waals surface area contributed by atoms with Gasteiger partial charge >= 0.3 is 0 Å². The van der Waals surface area contributed by atoms with Crippen LogP contribution in [0.3, 0.4) is 0 Å². The number of hydrogen-bond donors (Lipinski definition) is 1. The largest absolute Gasteiger partial charge is 0.326 e. The van der Waals surface area contributed by atoms with Crippen molar-refractivity contribution < 1.29 is 0 Å². The molecule has 1 aromatic heterocycles. The summed E-state index contributed by atoms with van der Waals surface area (Å²) in [5.74, 6) is 0.